The molecule has 0 fully saturated rings. The molecule has 0 bridgehead atoms. The lowest BCUT2D eigenvalue weighted by atomic mass is 10.1. The number of guanidine groups is 1. The number of rotatable bonds is 8. The number of aryl methyl sites for hydroxylation is 2. The first-order valence-electron chi connectivity index (χ1n) is 9.11. The Bertz CT molecular complexity index is 595. The van der Waals surface area contributed by atoms with E-state index < -0.39 is 0 Å². The molecule has 7 nitrogen and oxygen atoms in total. The molecule has 1 amide bonds. The molecule has 1 aromatic rings. The number of carbonyl (C=O) groups is 1. The van der Waals surface area contributed by atoms with Crippen molar-refractivity contribution in [2.24, 2.45) is 12.0 Å². The van der Waals surface area contributed by atoms with Crippen LogP contribution in [0.15, 0.2) is 4.99 Å². The van der Waals surface area contributed by atoms with Gasteiger partial charge in [0.15, 0.2) is 5.96 Å². The first kappa shape index (κ1) is 24.7. The number of carbonyl (C=O) groups excluding carboxylic acids is 1. The van der Waals surface area contributed by atoms with Gasteiger partial charge in [0.05, 0.1) is 12.2 Å². The lowest BCUT2D eigenvalue weighted by Crippen LogP contribution is -2.45. The minimum atomic E-state index is 0. The molecular weight excluding hydrogens is 443 g/mol. The van der Waals surface area contributed by atoms with Crippen molar-refractivity contribution < 1.29 is 4.79 Å². The van der Waals surface area contributed by atoms with Gasteiger partial charge in [0, 0.05) is 46.0 Å². The quantitative estimate of drug-likeness (QED) is 0.353. The Morgan fingerprint density at radius 1 is 1.23 bits per heavy atom. The first-order chi connectivity index (χ1) is 11.8. The molecule has 0 saturated heterocycles. The fraction of sp³-hybridized carbons (Fsp3) is 0.722. The molecule has 8 heteroatoms. The average molecular weight is 478 g/mol. The summed E-state index contributed by atoms with van der Waals surface area (Å²) in [6.45, 7) is 13.4. The highest BCUT2D eigenvalue weighted by atomic mass is 127. The van der Waals surface area contributed by atoms with E-state index in [4.69, 9.17) is 0 Å². The van der Waals surface area contributed by atoms with Gasteiger partial charge in [-0.25, -0.2) is 0 Å². The third-order valence-electron chi connectivity index (χ3n) is 4.47. The van der Waals surface area contributed by atoms with Crippen LogP contribution in [-0.2, 0) is 18.3 Å². The monoisotopic (exact) mass is 478 g/mol. The molecule has 0 radical (unpaired) electrons. The second-order valence-electron chi connectivity index (χ2n) is 6.18. The second-order valence-corrected chi connectivity index (χ2v) is 6.18. The van der Waals surface area contributed by atoms with Crippen LogP contribution in [0.1, 0.15) is 37.7 Å². The zero-order chi connectivity index (χ0) is 19.0. The molecule has 1 rings (SSSR count). The van der Waals surface area contributed by atoms with Crippen molar-refractivity contribution in [3.63, 3.8) is 0 Å². The summed E-state index contributed by atoms with van der Waals surface area (Å²) in [5.41, 5.74) is 3.50. The van der Waals surface area contributed by atoms with E-state index in [0.29, 0.717) is 13.1 Å². The van der Waals surface area contributed by atoms with Gasteiger partial charge in [-0.15, -0.1) is 24.0 Å². The van der Waals surface area contributed by atoms with Crippen LogP contribution < -0.4 is 5.32 Å². The second kappa shape index (κ2) is 12.1. The number of halogens is 1. The SMILES string of the molecule is CCNC(=NCCc1c(C)nn(C)c1C)N(C)CC(=O)N(CC)CC.I. The Morgan fingerprint density at radius 3 is 2.31 bits per heavy atom. The van der Waals surface area contributed by atoms with Crippen LogP contribution in [0.3, 0.4) is 0 Å². The van der Waals surface area contributed by atoms with E-state index in [0.717, 1.165) is 37.7 Å². The van der Waals surface area contributed by atoms with Crippen LogP contribution in [0.5, 0.6) is 0 Å². The molecule has 1 N–H and O–H groups in total. The first-order valence-corrected chi connectivity index (χ1v) is 9.11. The number of amides is 1. The largest absolute Gasteiger partial charge is 0.357 e. The number of hydrogen-bond acceptors (Lipinski definition) is 3. The molecule has 0 saturated carbocycles. The van der Waals surface area contributed by atoms with E-state index in [9.17, 15) is 4.79 Å². The number of nitrogens with zero attached hydrogens (tertiary/aromatic N) is 5. The van der Waals surface area contributed by atoms with Gasteiger partial charge in [0.2, 0.25) is 5.91 Å². The van der Waals surface area contributed by atoms with Crippen molar-refractivity contribution in [2.75, 3.05) is 39.8 Å². The molecule has 0 aliphatic rings. The summed E-state index contributed by atoms with van der Waals surface area (Å²) in [6.07, 6.45) is 0.845. The number of nitrogens with one attached hydrogen (secondary N) is 1. The minimum absolute atomic E-state index is 0. The van der Waals surface area contributed by atoms with Gasteiger partial charge in [-0.1, -0.05) is 0 Å². The smallest absolute Gasteiger partial charge is 0.242 e. The van der Waals surface area contributed by atoms with Gasteiger partial charge < -0.3 is 15.1 Å². The van der Waals surface area contributed by atoms with E-state index >= 15 is 0 Å². The Morgan fingerprint density at radius 2 is 1.85 bits per heavy atom. The van der Waals surface area contributed by atoms with Gasteiger partial charge in [-0.2, -0.15) is 5.10 Å². The lowest BCUT2D eigenvalue weighted by molar-refractivity contribution is -0.131. The summed E-state index contributed by atoms with van der Waals surface area (Å²) >= 11 is 0. The summed E-state index contributed by atoms with van der Waals surface area (Å²) in [4.78, 5) is 20.7. The molecule has 0 aromatic carbocycles. The fourth-order valence-electron chi connectivity index (χ4n) is 2.88. The van der Waals surface area contributed by atoms with Crippen LogP contribution in [0.25, 0.3) is 0 Å². The lowest BCUT2D eigenvalue weighted by Gasteiger charge is -2.25. The Balaban J connectivity index is 0.00000625. The molecule has 1 heterocycles. The standard InChI is InChI=1S/C18H34N6O.HI/c1-8-19-18(22(6)13-17(25)24(9-2)10-3)20-12-11-16-14(4)21-23(7)15(16)5;/h8-13H2,1-7H3,(H,19,20);1H. The van der Waals surface area contributed by atoms with Crippen molar-refractivity contribution in [3.8, 4) is 0 Å². The predicted molar refractivity (Wildman–Crippen MR) is 118 cm³/mol. The van der Waals surface area contributed by atoms with E-state index in [1.54, 1.807) is 0 Å². The highest BCUT2D eigenvalue weighted by Crippen LogP contribution is 2.12. The van der Waals surface area contributed by atoms with Crippen molar-refractivity contribution in [1.82, 2.24) is 24.9 Å². The zero-order valence-electron chi connectivity index (χ0n) is 17.3. The average Bonchev–Trinajstić information content (AvgIpc) is 2.81. The number of aliphatic imine (C=N–C) groups is 1. The Labute approximate surface area is 175 Å². The van der Waals surface area contributed by atoms with Gasteiger partial charge in [0.25, 0.3) is 0 Å². The van der Waals surface area contributed by atoms with Gasteiger partial charge in [-0.05, 0) is 46.6 Å². The maximum atomic E-state index is 12.3. The summed E-state index contributed by atoms with van der Waals surface area (Å²) in [7, 11) is 3.87. The molecule has 150 valence electrons. The van der Waals surface area contributed by atoms with Crippen LogP contribution >= 0.6 is 24.0 Å². The topological polar surface area (TPSA) is 65.8 Å². The van der Waals surface area contributed by atoms with E-state index in [1.165, 1.54) is 11.3 Å². The van der Waals surface area contributed by atoms with E-state index in [2.05, 4.69) is 22.3 Å². The third-order valence-corrected chi connectivity index (χ3v) is 4.47. The van der Waals surface area contributed by atoms with Crippen LogP contribution in [0, 0.1) is 13.8 Å². The van der Waals surface area contributed by atoms with Crippen molar-refractivity contribution in [1.29, 1.82) is 0 Å². The molecule has 0 spiro atoms. The van der Waals surface area contributed by atoms with E-state index in [-0.39, 0.29) is 29.9 Å². The van der Waals surface area contributed by atoms with Gasteiger partial charge >= 0.3 is 0 Å². The fourth-order valence-corrected chi connectivity index (χ4v) is 2.88. The maximum absolute atomic E-state index is 12.3. The summed E-state index contributed by atoms with van der Waals surface area (Å²) < 4.78 is 1.91. The third kappa shape index (κ3) is 6.77. The number of hydrogen-bond donors (Lipinski definition) is 1. The van der Waals surface area contributed by atoms with Crippen molar-refractivity contribution in [2.45, 2.75) is 41.0 Å². The van der Waals surface area contributed by atoms with Crippen molar-refractivity contribution >= 4 is 35.8 Å². The van der Waals surface area contributed by atoms with Crippen LogP contribution in [-0.4, -0.2) is 71.2 Å². The number of aromatic nitrogens is 2. The Kier molecular flexibility index (Phi) is 11.5. The normalized spacial score (nSPS) is 11.1. The predicted octanol–water partition coefficient (Wildman–Crippen LogP) is 1.96. The van der Waals surface area contributed by atoms with E-state index in [1.807, 2.05) is 56.3 Å². The van der Waals surface area contributed by atoms with Gasteiger partial charge in [-0.3, -0.25) is 14.5 Å². The highest BCUT2D eigenvalue weighted by molar-refractivity contribution is 14.0. The number of likely N-dealkylation sites (N-methyl/N-ethyl adjacent to an activating group) is 2. The van der Waals surface area contributed by atoms with Crippen LogP contribution in [0.4, 0.5) is 0 Å². The molecule has 0 unspecified atom stereocenters. The maximum Gasteiger partial charge on any atom is 0.242 e. The molecule has 0 aliphatic heterocycles. The molecular formula is C18H35IN6O. The highest BCUT2D eigenvalue weighted by Gasteiger charge is 2.15. The zero-order valence-corrected chi connectivity index (χ0v) is 19.6. The molecule has 26 heavy (non-hydrogen) atoms. The minimum Gasteiger partial charge on any atom is -0.357 e. The summed E-state index contributed by atoms with van der Waals surface area (Å²) in [6, 6.07) is 0. The molecule has 1 aromatic heterocycles. The van der Waals surface area contributed by atoms with Gasteiger partial charge in [0.1, 0.15) is 0 Å². The summed E-state index contributed by atoms with van der Waals surface area (Å²) in [5, 5.41) is 7.72. The summed E-state index contributed by atoms with van der Waals surface area (Å²) in [5.74, 6) is 0.888. The molecule has 0 aliphatic carbocycles. The molecule has 0 atom stereocenters. The van der Waals surface area contributed by atoms with Crippen molar-refractivity contribution in [3.05, 3.63) is 17.0 Å². The Hall–Kier alpha value is -1.32. The van der Waals surface area contributed by atoms with Crippen LogP contribution in [0.2, 0.25) is 0 Å².